The number of nitrogens with zero attached hydrogens (tertiary/aromatic N) is 2. The first-order valence-corrected chi connectivity index (χ1v) is 10.4. The third-order valence-corrected chi connectivity index (χ3v) is 5.25. The summed E-state index contributed by atoms with van der Waals surface area (Å²) >= 11 is 0. The van der Waals surface area contributed by atoms with Crippen molar-refractivity contribution < 1.29 is 4.79 Å². The zero-order valence-electron chi connectivity index (χ0n) is 17.8. The first-order valence-electron chi connectivity index (χ1n) is 10.4. The maximum Gasteiger partial charge on any atom is 0.322 e. The summed E-state index contributed by atoms with van der Waals surface area (Å²) in [6.45, 7) is 12.4. The second-order valence-electron chi connectivity index (χ2n) is 7.43. The molecule has 0 aliphatic rings. The van der Waals surface area contributed by atoms with Crippen LogP contribution in [0.1, 0.15) is 44.7 Å². The molecule has 4 nitrogen and oxygen atoms in total. The predicted octanol–water partition coefficient (Wildman–Crippen LogP) is 5.54. The lowest BCUT2D eigenvalue weighted by molar-refractivity contribution is 0.181. The fourth-order valence-corrected chi connectivity index (χ4v) is 3.43. The van der Waals surface area contributed by atoms with E-state index in [9.17, 15) is 4.79 Å². The van der Waals surface area contributed by atoms with E-state index < -0.39 is 0 Å². The van der Waals surface area contributed by atoms with Crippen LogP contribution in [0.15, 0.2) is 54.6 Å². The highest BCUT2D eigenvalue weighted by Crippen LogP contribution is 2.16. The highest BCUT2D eigenvalue weighted by atomic mass is 16.2. The van der Waals surface area contributed by atoms with Crippen LogP contribution in [0.5, 0.6) is 0 Å². The summed E-state index contributed by atoms with van der Waals surface area (Å²) in [6.07, 6.45) is 2.08. The molecular formula is C24H35N3O. The summed E-state index contributed by atoms with van der Waals surface area (Å²) < 4.78 is 0. The zero-order valence-corrected chi connectivity index (χ0v) is 17.8. The van der Waals surface area contributed by atoms with Gasteiger partial charge in [-0.15, -0.1) is 0 Å². The summed E-state index contributed by atoms with van der Waals surface area (Å²) in [5.41, 5.74) is 3.13. The van der Waals surface area contributed by atoms with E-state index in [1.807, 2.05) is 54.3 Å². The molecule has 0 saturated heterocycles. The van der Waals surface area contributed by atoms with Crippen molar-refractivity contribution in [1.82, 2.24) is 9.80 Å². The normalized spacial score (nSPS) is 12.0. The van der Waals surface area contributed by atoms with Gasteiger partial charge in [-0.05, 0) is 69.6 Å². The van der Waals surface area contributed by atoms with Crippen LogP contribution in [0.2, 0.25) is 0 Å². The van der Waals surface area contributed by atoms with E-state index in [1.165, 1.54) is 0 Å². The minimum absolute atomic E-state index is 0.0372. The highest BCUT2D eigenvalue weighted by Gasteiger charge is 2.20. The molecule has 0 aliphatic carbocycles. The quantitative estimate of drug-likeness (QED) is 0.586. The Hall–Kier alpha value is -2.33. The Morgan fingerprint density at radius 3 is 2.39 bits per heavy atom. The molecule has 0 spiro atoms. The number of anilines is 1. The van der Waals surface area contributed by atoms with Gasteiger partial charge in [-0.2, -0.15) is 0 Å². The van der Waals surface area contributed by atoms with E-state index >= 15 is 0 Å². The van der Waals surface area contributed by atoms with Crippen molar-refractivity contribution in [2.75, 3.05) is 25.0 Å². The van der Waals surface area contributed by atoms with E-state index in [4.69, 9.17) is 0 Å². The third kappa shape index (κ3) is 7.01. The van der Waals surface area contributed by atoms with E-state index in [0.29, 0.717) is 6.54 Å². The molecule has 2 aromatic rings. The van der Waals surface area contributed by atoms with Crippen LogP contribution in [0, 0.1) is 6.92 Å². The number of hydrogen-bond acceptors (Lipinski definition) is 2. The lowest BCUT2D eigenvalue weighted by atomic mass is 10.1. The average Bonchev–Trinajstić information content (AvgIpc) is 2.70. The molecule has 2 rings (SSSR count). The van der Waals surface area contributed by atoms with Gasteiger partial charge in [-0.25, -0.2) is 4.79 Å². The summed E-state index contributed by atoms with van der Waals surface area (Å²) in [4.78, 5) is 17.5. The molecule has 0 aromatic heterocycles. The maximum absolute atomic E-state index is 13.1. The van der Waals surface area contributed by atoms with E-state index in [1.54, 1.807) is 0 Å². The molecule has 0 aliphatic heterocycles. The van der Waals surface area contributed by atoms with Gasteiger partial charge in [-0.1, -0.05) is 56.3 Å². The zero-order chi connectivity index (χ0) is 20.4. The number of benzene rings is 2. The number of hydrogen-bond donors (Lipinski definition) is 1. The monoisotopic (exact) mass is 381 g/mol. The van der Waals surface area contributed by atoms with Gasteiger partial charge in [0.25, 0.3) is 0 Å². The van der Waals surface area contributed by atoms with Crippen LogP contribution >= 0.6 is 0 Å². The van der Waals surface area contributed by atoms with Crippen LogP contribution in [-0.2, 0) is 6.54 Å². The van der Waals surface area contributed by atoms with Crippen LogP contribution < -0.4 is 5.32 Å². The first-order chi connectivity index (χ1) is 13.5. The fourth-order valence-electron chi connectivity index (χ4n) is 3.43. The molecule has 1 N–H and O–H groups in total. The molecule has 28 heavy (non-hydrogen) atoms. The minimum atomic E-state index is -0.0372. The molecule has 2 amide bonds. The maximum atomic E-state index is 13.1. The molecule has 0 bridgehead atoms. The second kappa shape index (κ2) is 11.5. The number of amides is 2. The van der Waals surface area contributed by atoms with Crippen molar-refractivity contribution in [1.29, 1.82) is 0 Å². The van der Waals surface area contributed by atoms with Gasteiger partial charge in [-0.3, -0.25) is 0 Å². The van der Waals surface area contributed by atoms with Gasteiger partial charge in [0, 0.05) is 18.3 Å². The smallest absolute Gasteiger partial charge is 0.318 e. The predicted molar refractivity (Wildman–Crippen MR) is 119 cm³/mol. The number of carbonyl (C=O) groups excluding carboxylic acids is 1. The van der Waals surface area contributed by atoms with Crippen molar-refractivity contribution in [3.63, 3.8) is 0 Å². The van der Waals surface area contributed by atoms with Crippen molar-refractivity contribution in [3.05, 3.63) is 65.7 Å². The summed E-state index contributed by atoms with van der Waals surface area (Å²) in [7, 11) is 0. The number of rotatable bonds is 10. The number of carbonyl (C=O) groups is 1. The van der Waals surface area contributed by atoms with Crippen molar-refractivity contribution in [2.45, 2.75) is 53.1 Å². The lowest BCUT2D eigenvalue weighted by Crippen LogP contribution is -2.41. The molecule has 0 saturated carbocycles. The molecule has 1 unspecified atom stereocenters. The average molecular weight is 382 g/mol. The van der Waals surface area contributed by atoms with Crippen molar-refractivity contribution in [2.24, 2.45) is 0 Å². The van der Waals surface area contributed by atoms with Gasteiger partial charge in [0.05, 0.1) is 0 Å². The summed E-state index contributed by atoms with van der Waals surface area (Å²) in [5, 5.41) is 3.08. The molecule has 0 heterocycles. The van der Waals surface area contributed by atoms with Gasteiger partial charge >= 0.3 is 6.03 Å². The van der Waals surface area contributed by atoms with Crippen molar-refractivity contribution in [3.8, 4) is 0 Å². The Labute approximate surface area is 170 Å². The Kier molecular flexibility index (Phi) is 9.02. The number of urea groups is 1. The third-order valence-electron chi connectivity index (χ3n) is 5.25. The molecule has 0 fully saturated rings. The number of aryl methyl sites for hydroxylation is 1. The Bertz CT molecular complexity index is 713. The van der Waals surface area contributed by atoms with Gasteiger partial charge in [0.15, 0.2) is 0 Å². The summed E-state index contributed by atoms with van der Waals surface area (Å²) in [5.74, 6) is 0. The SMILES string of the molecule is CCN(CC)CCCC(C)N(Cc1ccccc1)C(=O)Nc1cccc(C)c1. The topological polar surface area (TPSA) is 35.6 Å². The standard InChI is InChI=1S/C24H35N3O/c1-5-26(6-2)17-11-13-21(4)27(19-22-14-8-7-9-15-22)24(28)25-23-16-10-12-20(3)18-23/h7-10,12,14-16,18,21H,5-6,11,13,17,19H2,1-4H3,(H,25,28). The molecule has 1 atom stereocenters. The molecule has 0 radical (unpaired) electrons. The molecule has 2 aromatic carbocycles. The van der Waals surface area contributed by atoms with Crippen molar-refractivity contribution >= 4 is 11.7 Å². The van der Waals surface area contributed by atoms with E-state index in [2.05, 4.69) is 43.1 Å². The van der Waals surface area contributed by atoms with Crippen LogP contribution in [0.3, 0.4) is 0 Å². The van der Waals surface area contributed by atoms with Crippen LogP contribution in [0.25, 0.3) is 0 Å². The highest BCUT2D eigenvalue weighted by molar-refractivity contribution is 5.89. The second-order valence-corrected chi connectivity index (χ2v) is 7.43. The Balaban J connectivity index is 2.06. The molecule has 4 heteroatoms. The van der Waals surface area contributed by atoms with E-state index in [-0.39, 0.29) is 12.1 Å². The molecule has 152 valence electrons. The van der Waals surface area contributed by atoms with Gasteiger partial charge in [0.1, 0.15) is 0 Å². The van der Waals surface area contributed by atoms with Gasteiger partial charge < -0.3 is 15.1 Å². The van der Waals surface area contributed by atoms with Crippen LogP contribution in [0.4, 0.5) is 10.5 Å². The number of nitrogens with one attached hydrogen (secondary N) is 1. The Morgan fingerprint density at radius 1 is 1.04 bits per heavy atom. The van der Waals surface area contributed by atoms with E-state index in [0.717, 1.165) is 49.3 Å². The van der Waals surface area contributed by atoms with Crippen LogP contribution in [-0.4, -0.2) is 41.5 Å². The fraction of sp³-hybridized carbons (Fsp3) is 0.458. The Morgan fingerprint density at radius 2 is 1.75 bits per heavy atom. The first kappa shape index (κ1) is 22.0. The van der Waals surface area contributed by atoms with Gasteiger partial charge in [0.2, 0.25) is 0 Å². The minimum Gasteiger partial charge on any atom is -0.318 e. The summed E-state index contributed by atoms with van der Waals surface area (Å²) in [6, 6.07) is 18.3. The lowest BCUT2D eigenvalue weighted by Gasteiger charge is -2.30. The molecular weight excluding hydrogens is 346 g/mol. The largest absolute Gasteiger partial charge is 0.322 e.